The van der Waals surface area contributed by atoms with Gasteiger partial charge in [-0.05, 0) is 57.4 Å². The lowest BCUT2D eigenvalue weighted by Crippen LogP contribution is -2.44. The third kappa shape index (κ3) is 3.95. The van der Waals surface area contributed by atoms with Crippen molar-refractivity contribution in [3.05, 3.63) is 41.6 Å². The molecule has 1 amide bonds. The van der Waals surface area contributed by atoms with Gasteiger partial charge in [-0.1, -0.05) is 0 Å². The molecule has 6 heteroatoms. The van der Waals surface area contributed by atoms with Crippen LogP contribution in [0.2, 0.25) is 0 Å². The molecular weight excluding hydrogens is 316 g/mol. The lowest BCUT2D eigenvalue weighted by Gasteiger charge is -2.33. The molecule has 1 N–H and O–H groups in total. The lowest BCUT2D eigenvalue weighted by molar-refractivity contribution is -0.134. The number of hydrogen-bond acceptors (Lipinski definition) is 4. The van der Waals surface area contributed by atoms with Crippen molar-refractivity contribution < 1.29 is 9.21 Å². The Labute approximate surface area is 148 Å². The molecule has 2 aliphatic rings. The number of aromatic nitrogens is 2. The van der Waals surface area contributed by atoms with E-state index in [-0.39, 0.29) is 5.91 Å². The predicted molar refractivity (Wildman–Crippen MR) is 94.0 cm³/mol. The Morgan fingerprint density at radius 1 is 1.36 bits per heavy atom. The van der Waals surface area contributed by atoms with Gasteiger partial charge in [-0.3, -0.25) is 14.8 Å². The molecule has 1 saturated heterocycles. The fourth-order valence-electron chi connectivity index (χ4n) is 3.77. The molecule has 1 saturated carbocycles. The monoisotopic (exact) mass is 342 g/mol. The van der Waals surface area contributed by atoms with Crippen LogP contribution in [0.4, 0.5) is 0 Å². The second kappa shape index (κ2) is 7.04. The first-order valence-electron chi connectivity index (χ1n) is 9.25. The van der Waals surface area contributed by atoms with Gasteiger partial charge in [0.1, 0.15) is 11.5 Å². The van der Waals surface area contributed by atoms with Gasteiger partial charge < -0.3 is 9.32 Å². The molecule has 0 radical (unpaired) electrons. The summed E-state index contributed by atoms with van der Waals surface area (Å²) in [6, 6.07) is 6.38. The molecule has 0 aromatic carbocycles. The average molecular weight is 342 g/mol. The molecule has 3 heterocycles. The Morgan fingerprint density at radius 3 is 2.92 bits per heavy atom. The van der Waals surface area contributed by atoms with Gasteiger partial charge in [-0.15, -0.1) is 0 Å². The Morgan fingerprint density at radius 2 is 2.24 bits per heavy atom. The smallest absolute Gasteiger partial charge is 0.237 e. The number of carbonyl (C=O) groups excluding carboxylic acids is 1. The fraction of sp³-hybridized carbons (Fsp3) is 0.579. The molecule has 0 unspecified atom stereocenters. The largest absolute Gasteiger partial charge is 0.464 e. The maximum absolute atomic E-state index is 12.9. The SMILES string of the molecule is Cc1ccc(CN(C(=O)CN2CCC[C@H](c3ccn[nH]3)C2)C2CC2)o1. The van der Waals surface area contributed by atoms with Crippen LogP contribution in [0.15, 0.2) is 28.8 Å². The molecule has 1 aliphatic carbocycles. The Balaban J connectivity index is 1.37. The fourth-order valence-corrected chi connectivity index (χ4v) is 3.77. The highest BCUT2D eigenvalue weighted by atomic mass is 16.3. The topological polar surface area (TPSA) is 65.4 Å². The Bertz CT molecular complexity index is 705. The number of furan rings is 1. The lowest BCUT2D eigenvalue weighted by atomic mass is 9.95. The number of aromatic amines is 1. The summed E-state index contributed by atoms with van der Waals surface area (Å²) >= 11 is 0. The van der Waals surface area contributed by atoms with Crippen LogP contribution >= 0.6 is 0 Å². The predicted octanol–water partition coefficient (Wildman–Crippen LogP) is 2.68. The molecule has 134 valence electrons. The maximum atomic E-state index is 12.9. The Kier molecular flexibility index (Phi) is 4.61. The van der Waals surface area contributed by atoms with Crippen molar-refractivity contribution in [1.29, 1.82) is 0 Å². The number of aryl methyl sites for hydroxylation is 1. The van der Waals surface area contributed by atoms with Crippen molar-refractivity contribution in [2.75, 3.05) is 19.6 Å². The third-order valence-electron chi connectivity index (χ3n) is 5.26. The van der Waals surface area contributed by atoms with Crippen LogP contribution in [0.5, 0.6) is 0 Å². The van der Waals surface area contributed by atoms with E-state index in [4.69, 9.17) is 4.42 Å². The van der Waals surface area contributed by atoms with Crippen LogP contribution in [-0.2, 0) is 11.3 Å². The van der Waals surface area contributed by atoms with E-state index >= 15 is 0 Å². The molecule has 25 heavy (non-hydrogen) atoms. The summed E-state index contributed by atoms with van der Waals surface area (Å²) in [7, 11) is 0. The molecule has 1 atom stereocenters. The van der Waals surface area contributed by atoms with Gasteiger partial charge in [0.15, 0.2) is 0 Å². The summed E-state index contributed by atoms with van der Waals surface area (Å²) in [4.78, 5) is 17.2. The summed E-state index contributed by atoms with van der Waals surface area (Å²) in [5.41, 5.74) is 1.18. The van der Waals surface area contributed by atoms with E-state index in [1.54, 1.807) is 6.20 Å². The number of rotatable bonds is 6. The third-order valence-corrected chi connectivity index (χ3v) is 5.26. The van der Waals surface area contributed by atoms with Gasteiger partial charge in [0.05, 0.1) is 13.1 Å². The van der Waals surface area contributed by atoms with Crippen molar-refractivity contribution in [2.24, 2.45) is 0 Å². The van der Waals surface area contributed by atoms with Gasteiger partial charge >= 0.3 is 0 Å². The zero-order valence-corrected chi connectivity index (χ0v) is 14.8. The molecular formula is C19H26N4O2. The van der Waals surface area contributed by atoms with Gasteiger partial charge in [-0.2, -0.15) is 5.10 Å². The van der Waals surface area contributed by atoms with Gasteiger partial charge in [0, 0.05) is 30.4 Å². The summed E-state index contributed by atoms with van der Waals surface area (Å²) in [6.07, 6.45) is 6.31. The number of nitrogens with zero attached hydrogens (tertiary/aromatic N) is 3. The summed E-state index contributed by atoms with van der Waals surface area (Å²) in [5.74, 6) is 2.45. The number of likely N-dealkylation sites (tertiary alicyclic amines) is 1. The van der Waals surface area contributed by atoms with Crippen LogP contribution in [0.1, 0.15) is 48.8 Å². The molecule has 0 spiro atoms. The van der Waals surface area contributed by atoms with E-state index in [9.17, 15) is 4.79 Å². The zero-order valence-electron chi connectivity index (χ0n) is 14.8. The number of piperidine rings is 1. The van der Waals surface area contributed by atoms with E-state index in [1.165, 1.54) is 5.69 Å². The highest BCUT2D eigenvalue weighted by Gasteiger charge is 2.34. The average Bonchev–Trinajstić information content (AvgIpc) is 3.13. The first-order chi connectivity index (χ1) is 12.2. The molecule has 6 nitrogen and oxygen atoms in total. The highest BCUT2D eigenvalue weighted by Crippen LogP contribution is 2.30. The number of amides is 1. The van der Waals surface area contributed by atoms with E-state index in [0.29, 0.717) is 25.0 Å². The van der Waals surface area contributed by atoms with Gasteiger partial charge in [0.2, 0.25) is 5.91 Å². The van der Waals surface area contributed by atoms with Crippen molar-refractivity contribution in [1.82, 2.24) is 20.0 Å². The molecule has 1 aliphatic heterocycles. The minimum atomic E-state index is 0.224. The van der Waals surface area contributed by atoms with Crippen molar-refractivity contribution in [3.8, 4) is 0 Å². The van der Waals surface area contributed by atoms with Gasteiger partial charge in [0.25, 0.3) is 0 Å². The minimum Gasteiger partial charge on any atom is -0.464 e. The van der Waals surface area contributed by atoms with Crippen molar-refractivity contribution in [2.45, 2.75) is 51.1 Å². The molecule has 2 fully saturated rings. The van der Waals surface area contributed by atoms with Crippen LogP contribution in [0, 0.1) is 6.92 Å². The first-order valence-corrected chi connectivity index (χ1v) is 9.25. The number of H-pyrrole nitrogens is 1. The second-order valence-corrected chi connectivity index (χ2v) is 7.35. The molecule has 0 bridgehead atoms. The Hall–Kier alpha value is -2.08. The molecule has 2 aromatic rings. The summed E-state index contributed by atoms with van der Waals surface area (Å²) < 4.78 is 5.68. The number of carbonyl (C=O) groups is 1. The van der Waals surface area contributed by atoms with E-state index in [0.717, 1.165) is 50.3 Å². The summed E-state index contributed by atoms with van der Waals surface area (Å²) in [5, 5.41) is 7.15. The number of nitrogens with one attached hydrogen (secondary N) is 1. The number of hydrogen-bond donors (Lipinski definition) is 1. The minimum absolute atomic E-state index is 0.224. The zero-order chi connectivity index (χ0) is 17.2. The maximum Gasteiger partial charge on any atom is 0.237 e. The first kappa shape index (κ1) is 16.4. The quantitative estimate of drug-likeness (QED) is 0.876. The highest BCUT2D eigenvalue weighted by molar-refractivity contribution is 5.79. The normalized spacial score (nSPS) is 21.4. The van der Waals surface area contributed by atoms with Crippen LogP contribution in [0.3, 0.4) is 0 Å². The standard InChI is InChI=1S/C19H26N4O2/c1-14-4-7-17(25-14)12-23(16-5-6-16)19(24)13-22-10-2-3-15(11-22)18-8-9-20-21-18/h4,7-9,15-16H,2-3,5-6,10-13H2,1H3,(H,20,21)/t15-/m0/s1. The van der Waals surface area contributed by atoms with Crippen molar-refractivity contribution in [3.63, 3.8) is 0 Å². The summed E-state index contributed by atoms with van der Waals surface area (Å²) in [6.45, 7) is 4.95. The molecule has 4 rings (SSSR count). The van der Waals surface area contributed by atoms with Crippen LogP contribution in [-0.4, -0.2) is 51.6 Å². The van der Waals surface area contributed by atoms with E-state index in [1.807, 2.05) is 30.0 Å². The van der Waals surface area contributed by atoms with Crippen LogP contribution < -0.4 is 0 Å². The van der Waals surface area contributed by atoms with E-state index in [2.05, 4.69) is 15.1 Å². The van der Waals surface area contributed by atoms with E-state index < -0.39 is 0 Å². The van der Waals surface area contributed by atoms with Crippen LogP contribution in [0.25, 0.3) is 0 Å². The van der Waals surface area contributed by atoms with Crippen molar-refractivity contribution >= 4 is 5.91 Å². The van der Waals surface area contributed by atoms with Gasteiger partial charge in [-0.25, -0.2) is 0 Å². The second-order valence-electron chi connectivity index (χ2n) is 7.35. The molecule has 2 aromatic heterocycles.